The summed E-state index contributed by atoms with van der Waals surface area (Å²) in [4.78, 5) is 0. The quantitative estimate of drug-likeness (QED) is 0.540. The second-order valence-corrected chi connectivity index (χ2v) is 6.06. The fourth-order valence-electron chi connectivity index (χ4n) is 1.90. The van der Waals surface area contributed by atoms with Gasteiger partial charge in [-0.05, 0) is 24.1 Å². The van der Waals surface area contributed by atoms with Crippen LogP contribution in [0.3, 0.4) is 0 Å². The molecule has 0 aromatic heterocycles. The Hall–Kier alpha value is 0.350. The first-order chi connectivity index (χ1) is 8.29. The lowest BCUT2D eigenvalue weighted by atomic mass is 10.1. The van der Waals surface area contributed by atoms with Gasteiger partial charge in [0.15, 0.2) is 0 Å². The Morgan fingerprint density at radius 1 is 1.53 bits per heavy atom. The first kappa shape index (κ1) is 13.8. The van der Waals surface area contributed by atoms with Crippen LogP contribution < -0.4 is 0 Å². The maximum Gasteiger partial charge on any atom is 0.0914 e. The number of benzene rings is 1. The van der Waals surface area contributed by atoms with Gasteiger partial charge < -0.3 is 9.47 Å². The maximum absolute atomic E-state index is 6.01. The molecular weight excluding hydrogens is 395 g/mol. The second-order valence-electron chi connectivity index (χ2n) is 4.26. The molecule has 1 aromatic carbocycles. The predicted molar refractivity (Wildman–Crippen MR) is 80.6 cm³/mol. The number of rotatable bonds is 5. The Balaban J connectivity index is 1.91. The van der Waals surface area contributed by atoms with Gasteiger partial charge in [0.1, 0.15) is 0 Å². The molecule has 1 heterocycles. The summed E-state index contributed by atoms with van der Waals surface area (Å²) in [6.07, 6.45) is 1.32. The van der Waals surface area contributed by atoms with Crippen LogP contribution in [0.15, 0.2) is 28.7 Å². The van der Waals surface area contributed by atoms with Crippen LogP contribution >= 0.6 is 38.5 Å². The molecule has 0 spiro atoms. The van der Waals surface area contributed by atoms with Gasteiger partial charge >= 0.3 is 0 Å². The summed E-state index contributed by atoms with van der Waals surface area (Å²) in [5, 5.41) is 0. The summed E-state index contributed by atoms with van der Waals surface area (Å²) >= 11 is 5.88. The van der Waals surface area contributed by atoms with E-state index in [4.69, 9.17) is 9.47 Å². The summed E-state index contributed by atoms with van der Waals surface area (Å²) < 4.78 is 13.4. The van der Waals surface area contributed by atoms with Crippen molar-refractivity contribution in [3.05, 3.63) is 34.3 Å². The highest BCUT2D eigenvalue weighted by molar-refractivity contribution is 14.1. The predicted octanol–water partition coefficient (Wildman–Crippen LogP) is 3.98. The van der Waals surface area contributed by atoms with E-state index in [2.05, 4.69) is 56.7 Å². The van der Waals surface area contributed by atoms with E-state index >= 15 is 0 Å². The zero-order valence-corrected chi connectivity index (χ0v) is 13.3. The van der Waals surface area contributed by atoms with Crippen LogP contribution in [0.25, 0.3) is 0 Å². The van der Waals surface area contributed by atoms with Crippen LogP contribution in [0.2, 0.25) is 0 Å². The molecule has 1 fully saturated rings. The highest BCUT2D eigenvalue weighted by atomic mass is 127. The number of alkyl halides is 1. The lowest BCUT2D eigenvalue weighted by Gasteiger charge is -2.18. The van der Waals surface area contributed by atoms with E-state index in [0.717, 1.165) is 35.1 Å². The maximum atomic E-state index is 6.01. The molecule has 94 valence electrons. The highest BCUT2D eigenvalue weighted by Gasteiger charge is 2.18. The Labute approximate surface area is 124 Å². The Morgan fingerprint density at radius 2 is 2.41 bits per heavy atom. The fourth-order valence-corrected chi connectivity index (χ4v) is 3.08. The molecule has 0 N–H and O–H groups in total. The molecule has 1 aliphatic rings. The van der Waals surface area contributed by atoms with Crippen molar-refractivity contribution in [1.82, 2.24) is 0 Å². The molecule has 0 radical (unpaired) electrons. The van der Waals surface area contributed by atoms with Gasteiger partial charge in [-0.25, -0.2) is 0 Å². The van der Waals surface area contributed by atoms with Crippen molar-refractivity contribution in [3.63, 3.8) is 0 Å². The minimum absolute atomic E-state index is 0.189. The summed E-state index contributed by atoms with van der Waals surface area (Å²) in [6, 6.07) is 8.35. The van der Waals surface area contributed by atoms with Gasteiger partial charge in [0.25, 0.3) is 0 Å². The SMILES string of the molecule is Brc1cccc(C(CI)OCC2CCOC2)c1. The van der Waals surface area contributed by atoms with Crippen molar-refractivity contribution in [3.8, 4) is 0 Å². The topological polar surface area (TPSA) is 18.5 Å². The van der Waals surface area contributed by atoms with E-state index in [9.17, 15) is 0 Å². The molecule has 17 heavy (non-hydrogen) atoms. The zero-order valence-electron chi connectivity index (χ0n) is 9.57. The van der Waals surface area contributed by atoms with Gasteiger partial charge in [-0.3, -0.25) is 0 Å². The number of hydrogen-bond acceptors (Lipinski definition) is 2. The Morgan fingerprint density at radius 3 is 3.06 bits per heavy atom. The van der Waals surface area contributed by atoms with Crippen molar-refractivity contribution in [2.45, 2.75) is 12.5 Å². The fraction of sp³-hybridized carbons (Fsp3) is 0.538. The normalized spacial score (nSPS) is 21.6. The van der Waals surface area contributed by atoms with E-state index in [0.29, 0.717) is 5.92 Å². The van der Waals surface area contributed by atoms with Crippen molar-refractivity contribution < 1.29 is 9.47 Å². The monoisotopic (exact) mass is 410 g/mol. The van der Waals surface area contributed by atoms with Gasteiger partial charge in [0, 0.05) is 21.4 Å². The van der Waals surface area contributed by atoms with Crippen molar-refractivity contribution in [2.24, 2.45) is 5.92 Å². The van der Waals surface area contributed by atoms with E-state index in [-0.39, 0.29) is 6.10 Å². The number of halogens is 2. The van der Waals surface area contributed by atoms with E-state index < -0.39 is 0 Å². The van der Waals surface area contributed by atoms with Gasteiger partial charge in [0.2, 0.25) is 0 Å². The minimum atomic E-state index is 0.189. The third-order valence-electron chi connectivity index (χ3n) is 2.92. The Bertz CT molecular complexity index is 353. The molecule has 2 rings (SSSR count). The average Bonchev–Trinajstić information content (AvgIpc) is 2.83. The molecular formula is C13H16BrIO2. The van der Waals surface area contributed by atoms with Crippen LogP contribution in [-0.4, -0.2) is 24.2 Å². The third-order valence-corrected chi connectivity index (χ3v) is 4.21. The van der Waals surface area contributed by atoms with Gasteiger partial charge in [-0.2, -0.15) is 0 Å². The minimum Gasteiger partial charge on any atom is -0.381 e. The van der Waals surface area contributed by atoms with Crippen molar-refractivity contribution >= 4 is 38.5 Å². The lowest BCUT2D eigenvalue weighted by molar-refractivity contribution is 0.0401. The smallest absolute Gasteiger partial charge is 0.0914 e. The molecule has 0 aliphatic carbocycles. The summed E-state index contributed by atoms with van der Waals surface area (Å²) in [5.74, 6) is 0.576. The van der Waals surface area contributed by atoms with Crippen LogP contribution in [-0.2, 0) is 9.47 Å². The van der Waals surface area contributed by atoms with Crippen LogP contribution in [0.4, 0.5) is 0 Å². The standard InChI is InChI=1S/C13H16BrIO2/c14-12-3-1-2-11(6-12)13(7-15)17-9-10-4-5-16-8-10/h1-3,6,10,13H,4-5,7-9H2. The van der Waals surface area contributed by atoms with Crippen molar-refractivity contribution in [1.29, 1.82) is 0 Å². The number of ether oxygens (including phenoxy) is 2. The molecule has 2 unspecified atom stereocenters. The molecule has 2 atom stereocenters. The van der Waals surface area contributed by atoms with Crippen molar-refractivity contribution in [2.75, 3.05) is 24.2 Å². The van der Waals surface area contributed by atoms with Gasteiger partial charge in [-0.1, -0.05) is 50.7 Å². The molecule has 0 amide bonds. The third kappa shape index (κ3) is 4.19. The van der Waals surface area contributed by atoms with Crippen LogP contribution in [0.5, 0.6) is 0 Å². The first-order valence-electron chi connectivity index (χ1n) is 5.80. The molecule has 0 saturated carbocycles. The molecule has 1 aliphatic heterocycles. The molecule has 1 aromatic rings. The average molecular weight is 411 g/mol. The first-order valence-corrected chi connectivity index (χ1v) is 8.12. The Kier molecular flexibility index (Phi) is 5.72. The molecule has 0 bridgehead atoms. The summed E-state index contributed by atoms with van der Waals surface area (Å²) in [7, 11) is 0. The zero-order chi connectivity index (χ0) is 12.1. The summed E-state index contributed by atoms with van der Waals surface area (Å²) in [5.41, 5.74) is 1.24. The van der Waals surface area contributed by atoms with Crippen LogP contribution in [0.1, 0.15) is 18.1 Å². The summed E-state index contributed by atoms with van der Waals surface area (Å²) in [6.45, 7) is 2.55. The van der Waals surface area contributed by atoms with Crippen LogP contribution in [0, 0.1) is 5.92 Å². The second kappa shape index (κ2) is 7.07. The lowest BCUT2D eigenvalue weighted by Crippen LogP contribution is -2.14. The number of hydrogen-bond donors (Lipinski definition) is 0. The van der Waals surface area contributed by atoms with E-state index in [1.54, 1.807) is 0 Å². The van der Waals surface area contributed by atoms with E-state index in [1.807, 2.05) is 6.07 Å². The van der Waals surface area contributed by atoms with Gasteiger partial charge in [-0.15, -0.1) is 0 Å². The largest absolute Gasteiger partial charge is 0.381 e. The molecule has 2 nitrogen and oxygen atoms in total. The molecule has 4 heteroatoms. The highest BCUT2D eigenvalue weighted by Crippen LogP contribution is 2.25. The van der Waals surface area contributed by atoms with E-state index in [1.165, 1.54) is 5.56 Å². The molecule has 1 saturated heterocycles. The van der Waals surface area contributed by atoms with Gasteiger partial charge in [0.05, 0.1) is 19.3 Å².